The largest absolute Gasteiger partial charge is 0.486 e. The van der Waals surface area contributed by atoms with Gasteiger partial charge in [-0.05, 0) is 50.2 Å². The number of amides is 1. The van der Waals surface area contributed by atoms with E-state index >= 15 is 0 Å². The molecule has 132 valence electrons. The number of rotatable bonds is 5. The molecule has 0 aliphatic carbocycles. The molecule has 5 heteroatoms. The van der Waals surface area contributed by atoms with Crippen LogP contribution in [0.2, 0.25) is 0 Å². The molecule has 4 nitrogen and oxygen atoms in total. The molecular formula is C21H19FN2O2. The van der Waals surface area contributed by atoms with Crippen molar-refractivity contribution in [1.29, 1.82) is 0 Å². The van der Waals surface area contributed by atoms with Gasteiger partial charge in [0.2, 0.25) is 0 Å². The number of hydrogen-bond donors (Lipinski definition) is 1. The number of ether oxygens (including phenoxy) is 1. The minimum absolute atomic E-state index is 0.0788. The summed E-state index contributed by atoms with van der Waals surface area (Å²) in [5, 5.41) is 3.45. The first kappa shape index (κ1) is 17.6. The number of carbonyl (C=O) groups excluding carboxylic acids is 1. The molecule has 0 aliphatic heterocycles. The number of halogens is 1. The molecule has 1 amide bonds. The number of anilines is 1. The zero-order chi connectivity index (χ0) is 18.5. The number of pyridine rings is 1. The summed E-state index contributed by atoms with van der Waals surface area (Å²) >= 11 is 0. The minimum Gasteiger partial charge on any atom is -0.486 e. The summed E-state index contributed by atoms with van der Waals surface area (Å²) in [4.78, 5) is 16.9. The number of benzene rings is 2. The van der Waals surface area contributed by atoms with E-state index in [4.69, 9.17) is 4.74 Å². The van der Waals surface area contributed by atoms with Crippen molar-refractivity contribution in [3.05, 3.63) is 77.8 Å². The van der Waals surface area contributed by atoms with Crippen LogP contribution in [0.5, 0.6) is 5.75 Å². The van der Waals surface area contributed by atoms with E-state index in [0.29, 0.717) is 5.56 Å². The van der Waals surface area contributed by atoms with E-state index in [1.807, 2.05) is 32.1 Å². The van der Waals surface area contributed by atoms with Crippen molar-refractivity contribution < 1.29 is 13.9 Å². The highest BCUT2D eigenvalue weighted by molar-refractivity contribution is 6.06. The number of carbonyl (C=O) groups is 1. The number of aryl methyl sites for hydroxylation is 1. The maximum absolute atomic E-state index is 14.5. The van der Waals surface area contributed by atoms with E-state index in [1.54, 1.807) is 30.3 Å². The third-order valence-corrected chi connectivity index (χ3v) is 3.87. The summed E-state index contributed by atoms with van der Waals surface area (Å²) in [6.45, 7) is 4.03. The first-order chi connectivity index (χ1) is 12.6. The average molecular weight is 350 g/mol. The van der Waals surface area contributed by atoms with Crippen LogP contribution in [-0.4, -0.2) is 17.5 Å². The number of hydrogen-bond acceptors (Lipinski definition) is 3. The lowest BCUT2D eigenvalue weighted by Gasteiger charge is -2.10. The molecule has 1 heterocycles. The molecule has 2 aromatic carbocycles. The van der Waals surface area contributed by atoms with E-state index in [1.165, 1.54) is 12.1 Å². The second-order valence-electron chi connectivity index (χ2n) is 5.81. The lowest BCUT2D eigenvalue weighted by atomic mass is 10.1. The van der Waals surface area contributed by atoms with Gasteiger partial charge in [-0.3, -0.25) is 9.78 Å². The van der Waals surface area contributed by atoms with E-state index in [0.717, 1.165) is 16.6 Å². The van der Waals surface area contributed by atoms with Gasteiger partial charge in [0.25, 0.3) is 5.91 Å². The monoisotopic (exact) mass is 350 g/mol. The minimum atomic E-state index is -0.594. The van der Waals surface area contributed by atoms with Crippen LogP contribution in [0.25, 0.3) is 10.9 Å². The molecule has 3 rings (SSSR count). The fourth-order valence-electron chi connectivity index (χ4n) is 2.52. The van der Waals surface area contributed by atoms with Crippen LogP contribution in [-0.2, 0) is 0 Å². The highest BCUT2D eigenvalue weighted by Crippen LogP contribution is 2.25. The molecule has 0 aliphatic rings. The number of nitrogens with one attached hydrogen (secondary N) is 1. The van der Waals surface area contributed by atoms with Crippen LogP contribution < -0.4 is 10.1 Å². The molecule has 0 saturated heterocycles. The molecule has 0 saturated carbocycles. The highest BCUT2D eigenvalue weighted by atomic mass is 19.1. The quantitative estimate of drug-likeness (QED) is 0.667. The van der Waals surface area contributed by atoms with Gasteiger partial charge in [0.05, 0.1) is 11.2 Å². The topological polar surface area (TPSA) is 51.2 Å². The van der Waals surface area contributed by atoms with E-state index in [2.05, 4.69) is 10.3 Å². The van der Waals surface area contributed by atoms with Gasteiger partial charge < -0.3 is 10.1 Å². The van der Waals surface area contributed by atoms with E-state index in [-0.39, 0.29) is 18.0 Å². The van der Waals surface area contributed by atoms with Crippen LogP contribution in [0.15, 0.2) is 60.7 Å². The van der Waals surface area contributed by atoms with Crippen molar-refractivity contribution in [2.24, 2.45) is 0 Å². The molecule has 0 unspecified atom stereocenters. The molecule has 0 bridgehead atoms. The van der Waals surface area contributed by atoms with Crippen LogP contribution in [0.3, 0.4) is 0 Å². The maximum atomic E-state index is 14.5. The maximum Gasteiger partial charge on any atom is 0.255 e. The Kier molecular flexibility index (Phi) is 5.27. The Bertz CT molecular complexity index is 983. The highest BCUT2D eigenvalue weighted by Gasteiger charge is 2.13. The van der Waals surface area contributed by atoms with Crippen LogP contribution in [0.1, 0.15) is 23.0 Å². The third-order valence-electron chi connectivity index (χ3n) is 3.87. The Labute approximate surface area is 151 Å². The molecular weight excluding hydrogens is 331 g/mol. The lowest BCUT2D eigenvalue weighted by Crippen LogP contribution is -2.13. The zero-order valence-electron chi connectivity index (χ0n) is 14.6. The average Bonchev–Trinajstić information content (AvgIpc) is 2.64. The van der Waals surface area contributed by atoms with E-state index < -0.39 is 11.7 Å². The Morgan fingerprint density at radius 1 is 1.23 bits per heavy atom. The van der Waals surface area contributed by atoms with Gasteiger partial charge in [0.1, 0.15) is 6.61 Å². The van der Waals surface area contributed by atoms with Crippen molar-refractivity contribution in [1.82, 2.24) is 4.98 Å². The molecule has 0 atom stereocenters. The van der Waals surface area contributed by atoms with E-state index in [9.17, 15) is 9.18 Å². The standard InChI is InChI=1S/C21H19FN2O2/c1-3-4-12-26-19-7-5-6-18(20(19)22)24-21(25)16-10-11-17-15(13-16)9-8-14(2)23-17/h3-11,13H,12H2,1-2H3,(H,24,25). The summed E-state index contributed by atoms with van der Waals surface area (Å²) in [6.07, 6.45) is 3.59. The van der Waals surface area contributed by atoms with Gasteiger partial charge in [-0.2, -0.15) is 0 Å². The number of aromatic nitrogens is 1. The predicted octanol–water partition coefficient (Wildman–Crippen LogP) is 4.89. The lowest BCUT2D eigenvalue weighted by molar-refractivity contribution is 0.102. The van der Waals surface area contributed by atoms with Crippen molar-refractivity contribution in [2.75, 3.05) is 11.9 Å². The van der Waals surface area contributed by atoms with Gasteiger partial charge in [-0.25, -0.2) is 4.39 Å². The Morgan fingerprint density at radius 2 is 2.08 bits per heavy atom. The Hall–Kier alpha value is -3.21. The van der Waals surface area contributed by atoms with Gasteiger partial charge in [-0.1, -0.05) is 24.3 Å². The van der Waals surface area contributed by atoms with Crippen LogP contribution in [0.4, 0.5) is 10.1 Å². The van der Waals surface area contributed by atoms with Crippen LogP contribution in [0, 0.1) is 12.7 Å². The van der Waals surface area contributed by atoms with Gasteiger partial charge in [0.15, 0.2) is 11.6 Å². The molecule has 1 N–H and O–H groups in total. The summed E-state index contributed by atoms with van der Waals surface area (Å²) in [5.74, 6) is -0.889. The summed E-state index contributed by atoms with van der Waals surface area (Å²) in [6, 6.07) is 13.6. The molecule has 0 fully saturated rings. The fraction of sp³-hybridized carbons (Fsp3) is 0.143. The predicted molar refractivity (Wildman–Crippen MR) is 101 cm³/mol. The zero-order valence-corrected chi connectivity index (χ0v) is 14.6. The second-order valence-corrected chi connectivity index (χ2v) is 5.81. The Morgan fingerprint density at radius 3 is 2.88 bits per heavy atom. The molecule has 0 spiro atoms. The normalized spacial score (nSPS) is 11.0. The summed E-state index contributed by atoms with van der Waals surface area (Å²) < 4.78 is 19.9. The SMILES string of the molecule is CC=CCOc1cccc(NC(=O)c2ccc3nc(C)ccc3c2)c1F. The first-order valence-electron chi connectivity index (χ1n) is 8.29. The first-order valence-corrected chi connectivity index (χ1v) is 8.29. The molecule has 26 heavy (non-hydrogen) atoms. The van der Waals surface area contributed by atoms with Gasteiger partial charge in [0, 0.05) is 16.6 Å². The summed E-state index contributed by atoms with van der Waals surface area (Å²) in [5.41, 5.74) is 2.23. The molecule has 0 radical (unpaired) electrons. The number of fused-ring (bicyclic) bond motifs is 1. The van der Waals surface area contributed by atoms with Gasteiger partial charge in [-0.15, -0.1) is 0 Å². The summed E-state index contributed by atoms with van der Waals surface area (Å²) in [7, 11) is 0. The smallest absolute Gasteiger partial charge is 0.255 e. The van der Waals surface area contributed by atoms with Crippen LogP contribution >= 0.6 is 0 Å². The number of nitrogens with zero attached hydrogens (tertiary/aromatic N) is 1. The van der Waals surface area contributed by atoms with Gasteiger partial charge >= 0.3 is 0 Å². The number of allylic oxidation sites excluding steroid dienone is 1. The van der Waals surface area contributed by atoms with Crippen molar-refractivity contribution >= 4 is 22.5 Å². The third kappa shape index (κ3) is 3.88. The van der Waals surface area contributed by atoms with Crippen molar-refractivity contribution in [2.45, 2.75) is 13.8 Å². The fourth-order valence-corrected chi connectivity index (χ4v) is 2.52. The molecule has 1 aromatic heterocycles. The second kappa shape index (κ2) is 7.78. The molecule has 3 aromatic rings. The van der Waals surface area contributed by atoms with Crippen molar-refractivity contribution in [3.8, 4) is 5.75 Å². The Balaban J connectivity index is 1.81. The van der Waals surface area contributed by atoms with Crippen molar-refractivity contribution in [3.63, 3.8) is 0 Å².